The molecule has 0 unspecified atom stereocenters. The van der Waals surface area contributed by atoms with Gasteiger partial charge in [0.1, 0.15) is 24.1 Å². The summed E-state index contributed by atoms with van der Waals surface area (Å²) in [6.45, 7) is -0.438. The van der Waals surface area contributed by atoms with Crippen LogP contribution in [-0.2, 0) is 4.74 Å². The van der Waals surface area contributed by atoms with Crippen LogP contribution in [0.3, 0.4) is 0 Å². The lowest BCUT2D eigenvalue weighted by Gasteiger charge is -2.36. The normalized spacial score (nSPS) is 22.7. The molecule has 4 atom stereocenters. The van der Waals surface area contributed by atoms with Gasteiger partial charge < -0.3 is 29.8 Å². The van der Waals surface area contributed by atoms with E-state index in [1.165, 1.54) is 12.1 Å². The van der Waals surface area contributed by atoms with Gasteiger partial charge in [-0.25, -0.2) is 9.37 Å². The van der Waals surface area contributed by atoms with Crippen LogP contribution in [0.25, 0.3) is 33.5 Å². The minimum absolute atomic E-state index is 0.0274. The molecule has 0 aliphatic carbocycles. The van der Waals surface area contributed by atoms with E-state index in [1.807, 2.05) is 24.3 Å². The van der Waals surface area contributed by atoms with Crippen LogP contribution in [0.5, 0.6) is 6.01 Å². The fourth-order valence-electron chi connectivity index (χ4n) is 3.88. The van der Waals surface area contributed by atoms with Crippen molar-refractivity contribution in [3.05, 3.63) is 65.4 Å². The highest BCUT2D eigenvalue weighted by molar-refractivity contribution is 6.33. The Bertz CT molecular complexity index is 1300. The van der Waals surface area contributed by atoms with Crippen molar-refractivity contribution in [1.29, 1.82) is 0 Å². The Hall–Kier alpha value is -3.08. The lowest BCUT2D eigenvalue weighted by atomic mass is 10.0. The maximum absolute atomic E-state index is 13.2. The number of aromatic nitrogens is 3. The van der Waals surface area contributed by atoms with Crippen molar-refractivity contribution in [3.63, 3.8) is 0 Å². The largest absolute Gasteiger partial charge is 0.456 e. The molecular weight excluding hydrogens is 465 g/mol. The lowest BCUT2D eigenvalue weighted by Crippen LogP contribution is -2.56. The molecule has 1 fully saturated rings. The predicted molar refractivity (Wildman–Crippen MR) is 123 cm³/mol. The third kappa shape index (κ3) is 4.36. The van der Waals surface area contributed by atoms with Crippen molar-refractivity contribution < 1.29 is 29.2 Å². The summed E-state index contributed by atoms with van der Waals surface area (Å²) < 4.78 is 24.2. The van der Waals surface area contributed by atoms with E-state index in [2.05, 4.69) is 15.0 Å². The zero-order valence-corrected chi connectivity index (χ0v) is 18.5. The van der Waals surface area contributed by atoms with Crippen LogP contribution in [0.2, 0.25) is 5.02 Å². The van der Waals surface area contributed by atoms with Gasteiger partial charge in [0.2, 0.25) is 0 Å². The molecule has 0 amide bonds. The fourth-order valence-corrected chi connectivity index (χ4v) is 4.14. The molecule has 0 radical (unpaired) electrons. The highest BCUT2D eigenvalue weighted by Gasteiger charge is 2.39. The summed E-state index contributed by atoms with van der Waals surface area (Å²) >= 11 is 6.48. The number of ether oxygens (including phenoxy) is 2. The second-order valence-corrected chi connectivity index (χ2v) is 8.42. The average Bonchev–Trinajstić information content (AvgIpc) is 3.23. The van der Waals surface area contributed by atoms with Crippen molar-refractivity contribution >= 4 is 22.8 Å². The van der Waals surface area contributed by atoms with E-state index >= 15 is 0 Å². The predicted octanol–water partition coefficient (Wildman–Crippen LogP) is 2.94. The molecule has 3 heterocycles. The molecule has 176 valence electrons. The van der Waals surface area contributed by atoms with Crippen LogP contribution in [0, 0.1) is 5.82 Å². The molecule has 10 heteroatoms. The molecule has 2 aromatic heterocycles. The first-order chi connectivity index (χ1) is 16.4. The topological polar surface area (TPSA) is 121 Å². The standard InChI is InChI=1S/C24H21ClFN3O5/c25-16-9-17-23(29-24(27-17)34-19-11-33-18(10-30)21(31)22(19)32)28-20(16)14-3-1-12(2-4-14)13-5-7-15(26)8-6-13/h1-9,18-19,21-22,30-32H,10-11H2,(H,27,28,29)/t18-,19+,21-,22-/m1/s1. The van der Waals surface area contributed by atoms with Crippen LogP contribution >= 0.6 is 11.6 Å². The van der Waals surface area contributed by atoms with Gasteiger partial charge in [-0.15, -0.1) is 0 Å². The summed E-state index contributed by atoms with van der Waals surface area (Å²) in [6, 6.07) is 15.6. The quantitative estimate of drug-likeness (QED) is 0.343. The van der Waals surface area contributed by atoms with Gasteiger partial charge in [-0.1, -0.05) is 48.0 Å². The molecule has 5 rings (SSSR count). The van der Waals surface area contributed by atoms with Crippen molar-refractivity contribution in [2.75, 3.05) is 13.2 Å². The Balaban J connectivity index is 1.38. The van der Waals surface area contributed by atoms with Crippen LogP contribution < -0.4 is 4.74 Å². The first-order valence-corrected chi connectivity index (χ1v) is 11.0. The third-order valence-electron chi connectivity index (χ3n) is 5.77. The molecule has 2 aromatic carbocycles. The van der Waals surface area contributed by atoms with Gasteiger partial charge in [0, 0.05) is 5.56 Å². The molecule has 0 saturated carbocycles. The number of aliphatic hydroxyl groups is 3. The molecule has 8 nitrogen and oxygen atoms in total. The minimum atomic E-state index is -1.29. The van der Waals surface area contributed by atoms with Gasteiger partial charge in [0.15, 0.2) is 11.8 Å². The number of pyridine rings is 1. The molecule has 4 N–H and O–H groups in total. The van der Waals surface area contributed by atoms with Crippen LogP contribution in [0.1, 0.15) is 0 Å². The summed E-state index contributed by atoms with van der Waals surface area (Å²) in [5, 5.41) is 29.9. The Morgan fingerprint density at radius 1 is 1.00 bits per heavy atom. The van der Waals surface area contributed by atoms with Gasteiger partial charge in [-0.2, -0.15) is 4.98 Å². The number of imidazole rings is 1. The lowest BCUT2D eigenvalue weighted by molar-refractivity contribution is -0.189. The van der Waals surface area contributed by atoms with E-state index in [9.17, 15) is 19.7 Å². The van der Waals surface area contributed by atoms with Crippen LogP contribution in [0.4, 0.5) is 4.39 Å². The molecule has 1 aliphatic rings. The number of nitrogens with one attached hydrogen (secondary N) is 1. The zero-order chi connectivity index (χ0) is 23.8. The summed E-state index contributed by atoms with van der Waals surface area (Å²) in [4.78, 5) is 11.8. The fraction of sp³-hybridized carbons (Fsp3) is 0.250. The SMILES string of the molecule is OC[C@H]1OC[C@H](Oc2nc3nc(-c4ccc(-c5ccc(F)cc5)cc4)c(Cl)cc3[nH]2)[C@@H](O)[C@@H]1O. The second-order valence-electron chi connectivity index (χ2n) is 8.01. The molecule has 0 bridgehead atoms. The highest BCUT2D eigenvalue weighted by atomic mass is 35.5. The van der Waals surface area contributed by atoms with E-state index < -0.39 is 31.0 Å². The van der Waals surface area contributed by atoms with Crippen molar-refractivity contribution in [2.45, 2.75) is 24.4 Å². The van der Waals surface area contributed by atoms with E-state index in [0.29, 0.717) is 21.9 Å². The first-order valence-electron chi connectivity index (χ1n) is 10.6. The second kappa shape index (κ2) is 9.28. The van der Waals surface area contributed by atoms with Gasteiger partial charge in [-0.3, -0.25) is 0 Å². The molecule has 4 aromatic rings. The number of aromatic amines is 1. The Morgan fingerprint density at radius 3 is 2.32 bits per heavy atom. The summed E-state index contributed by atoms with van der Waals surface area (Å²) in [5.41, 5.74) is 4.01. The number of nitrogens with zero attached hydrogens (tertiary/aromatic N) is 2. The molecular formula is C24H21ClFN3O5. The Labute approximate surface area is 198 Å². The number of hydrogen-bond acceptors (Lipinski definition) is 7. The monoisotopic (exact) mass is 485 g/mol. The smallest absolute Gasteiger partial charge is 0.296 e. The third-order valence-corrected chi connectivity index (χ3v) is 6.06. The number of rotatable bonds is 5. The highest BCUT2D eigenvalue weighted by Crippen LogP contribution is 2.31. The number of fused-ring (bicyclic) bond motifs is 1. The van der Waals surface area contributed by atoms with Gasteiger partial charge in [0.25, 0.3) is 6.01 Å². The molecule has 1 saturated heterocycles. The zero-order valence-electron chi connectivity index (χ0n) is 17.7. The van der Waals surface area contributed by atoms with Crippen molar-refractivity contribution in [1.82, 2.24) is 15.0 Å². The van der Waals surface area contributed by atoms with E-state index in [-0.39, 0.29) is 18.4 Å². The van der Waals surface area contributed by atoms with Crippen molar-refractivity contribution in [2.24, 2.45) is 0 Å². The summed E-state index contributed by atoms with van der Waals surface area (Å²) in [6.07, 6.45) is -4.30. The van der Waals surface area contributed by atoms with Crippen LogP contribution in [0.15, 0.2) is 54.6 Å². The van der Waals surface area contributed by atoms with Gasteiger partial charge in [0.05, 0.1) is 29.4 Å². The summed E-state index contributed by atoms with van der Waals surface area (Å²) in [7, 11) is 0. The number of benzene rings is 2. The Kier molecular flexibility index (Phi) is 6.20. The van der Waals surface area contributed by atoms with E-state index in [0.717, 1.165) is 16.7 Å². The van der Waals surface area contributed by atoms with Crippen molar-refractivity contribution in [3.8, 4) is 28.4 Å². The van der Waals surface area contributed by atoms with E-state index in [1.54, 1.807) is 18.2 Å². The molecule has 0 spiro atoms. The summed E-state index contributed by atoms with van der Waals surface area (Å²) in [5.74, 6) is -0.289. The van der Waals surface area contributed by atoms with Gasteiger partial charge >= 0.3 is 0 Å². The number of hydrogen-bond donors (Lipinski definition) is 4. The maximum atomic E-state index is 13.2. The first kappa shape index (κ1) is 22.7. The maximum Gasteiger partial charge on any atom is 0.296 e. The molecule has 34 heavy (non-hydrogen) atoms. The van der Waals surface area contributed by atoms with Crippen LogP contribution in [-0.4, -0.2) is 67.9 Å². The average molecular weight is 486 g/mol. The van der Waals surface area contributed by atoms with Gasteiger partial charge in [-0.05, 0) is 29.3 Å². The number of halogens is 2. The number of H-pyrrole nitrogens is 1. The number of aliphatic hydroxyl groups excluding tert-OH is 3. The Morgan fingerprint density at radius 2 is 1.65 bits per heavy atom. The molecule has 1 aliphatic heterocycles. The minimum Gasteiger partial charge on any atom is -0.456 e. The van der Waals surface area contributed by atoms with E-state index in [4.69, 9.17) is 21.1 Å².